The fourth-order valence-electron chi connectivity index (χ4n) is 4.73. The van der Waals surface area contributed by atoms with E-state index in [4.69, 9.17) is 0 Å². The van der Waals surface area contributed by atoms with E-state index in [-0.39, 0.29) is 16.6 Å². The molecule has 0 bridgehead atoms. The molecule has 1 fully saturated rings. The van der Waals surface area contributed by atoms with Gasteiger partial charge >= 0.3 is 0 Å². The molecule has 2 heteroatoms. The largest absolute Gasteiger partial charge is 0.386 e. The monoisotopic (exact) mass is 304 g/mol. The van der Waals surface area contributed by atoms with Crippen LogP contribution in [0.15, 0.2) is 24.3 Å². The number of allylic oxidation sites excluding steroid dienone is 2. The van der Waals surface area contributed by atoms with Crippen LogP contribution in [0.5, 0.6) is 0 Å². The number of rotatable bonds is 4. The van der Waals surface area contributed by atoms with Crippen molar-refractivity contribution in [2.75, 3.05) is 0 Å². The number of aliphatic hydroxyl groups is 1. The van der Waals surface area contributed by atoms with E-state index in [1.54, 1.807) is 6.08 Å². The third kappa shape index (κ3) is 2.82. The quantitative estimate of drug-likeness (QED) is 0.766. The lowest BCUT2D eigenvalue weighted by Crippen LogP contribution is -2.51. The summed E-state index contributed by atoms with van der Waals surface area (Å²) in [5.74, 6) is 1.22. The van der Waals surface area contributed by atoms with Gasteiger partial charge in [0.15, 0.2) is 5.78 Å². The van der Waals surface area contributed by atoms with Gasteiger partial charge in [-0.25, -0.2) is 0 Å². The minimum atomic E-state index is -0.819. The molecule has 2 aliphatic rings. The highest BCUT2D eigenvalue weighted by Crippen LogP contribution is 2.61. The molecule has 0 aromatic carbocycles. The predicted octanol–water partition coefficient (Wildman–Crippen LogP) is 4.68. The van der Waals surface area contributed by atoms with Gasteiger partial charge < -0.3 is 5.11 Å². The first-order valence-electron chi connectivity index (χ1n) is 8.63. The molecule has 0 aliphatic heterocycles. The smallest absolute Gasteiger partial charge is 0.155 e. The van der Waals surface area contributed by atoms with Crippen LogP contribution >= 0.6 is 0 Å². The number of carbonyl (C=O) groups excluding carboxylic acids is 1. The summed E-state index contributed by atoms with van der Waals surface area (Å²) in [6.45, 7) is 14.7. The van der Waals surface area contributed by atoms with Crippen LogP contribution in [0.4, 0.5) is 0 Å². The SMILES string of the molecule is C=CC(C)(O)CC[C@@]1(C)[C@H](C)CC[C@]2(C)C(C)=CC(=O)C[C@H]12. The van der Waals surface area contributed by atoms with Crippen molar-refractivity contribution in [3.63, 3.8) is 0 Å². The van der Waals surface area contributed by atoms with Crippen LogP contribution in [-0.2, 0) is 4.79 Å². The summed E-state index contributed by atoms with van der Waals surface area (Å²) in [7, 11) is 0. The Kier molecular flexibility index (Phi) is 4.47. The van der Waals surface area contributed by atoms with Crippen LogP contribution in [0.3, 0.4) is 0 Å². The van der Waals surface area contributed by atoms with Crippen molar-refractivity contribution in [2.45, 2.75) is 72.3 Å². The Morgan fingerprint density at radius 2 is 2.14 bits per heavy atom. The van der Waals surface area contributed by atoms with Gasteiger partial charge in [0.05, 0.1) is 5.60 Å². The Morgan fingerprint density at radius 1 is 1.50 bits per heavy atom. The second kappa shape index (κ2) is 5.63. The van der Waals surface area contributed by atoms with Crippen molar-refractivity contribution in [1.29, 1.82) is 0 Å². The third-order valence-electron chi connectivity index (χ3n) is 7.08. The van der Waals surface area contributed by atoms with Gasteiger partial charge in [-0.05, 0) is 68.3 Å². The average Bonchev–Trinajstić information content (AvgIpc) is 2.45. The Hall–Kier alpha value is -0.890. The van der Waals surface area contributed by atoms with E-state index < -0.39 is 5.60 Å². The number of ketones is 1. The fourth-order valence-corrected chi connectivity index (χ4v) is 4.73. The Bertz CT molecular complexity index is 502. The highest BCUT2D eigenvalue weighted by atomic mass is 16.3. The van der Waals surface area contributed by atoms with E-state index in [1.165, 1.54) is 18.4 Å². The van der Waals surface area contributed by atoms with Gasteiger partial charge in [0, 0.05) is 6.42 Å². The summed E-state index contributed by atoms with van der Waals surface area (Å²) in [5, 5.41) is 10.3. The summed E-state index contributed by atoms with van der Waals surface area (Å²) in [6.07, 6.45) is 8.17. The van der Waals surface area contributed by atoms with Crippen LogP contribution in [0.2, 0.25) is 0 Å². The van der Waals surface area contributed by atoms with E-state index in [2.05, 4.69) is 34.3 Å². The molecule has 2 rings (SSSR count). The van der Waals surface area contributed by atoms with Crippen molar-refractivity contribution in [3.05, 3.63) is 24.3 Å². The molecule has 5 atom stereocenters. The normalized spacial score (nSPS) is 41.4. The second-order valence-electron chi connectivity index (χ2n) is 8.47. The van der Waals surface area contributed by atoms with Crippen molar-refractivity contribution in [3.8, 4) is 0 Å². The number of hydrogen-bond acceptors (Lipinski definition) is 2. The first-order valence-corrected chi connectivity index (χ1v) is 8.63. The molecule has 0 radical (unpaired) electrons. The lowest BCUT2D eigenvalue weighted by atomic mass is 9.46. The summed E-state index contributed by atoms with van der Waals surface area (Å²) in [5.41, 5.74) is 0.655. The van der Waals surface area contributed by atoms with Crippen molar-refractivity contribution >= 4 is 5.78 Å². The Balaban J connectivity index is 2.34. The molecule has 1 N–H and O–H groups in total. The summed E-state index contributed by atoms with van der Waals surface area (Å²) < 4.78 is 0. The maximum atomic E-state index is 12.2. The lowest BCUT2D eigenvalue weighted by Gasteiger charge is -2.58. The minimum absolute atomic E-state index is 0.0885. The molecule has 22 heavy (non-hydrogen) atoms. The maximum absolute atomic E-state index is 12.2. The summed E-state index contributed by atoms with van der Waals surface area (Å²) in [4.78, 5) is 12.2. The molecule has 1 saturated carbocycles. The molecule has 0 heterocycles. The van der Waals surface area contributed by atoms with Crippen molar-refractivity contribution in [2.24, 2.45) is 22.7 Å². The van der Waals surface area contributed by atoms with E-state index in [0.717, 1.165) is 6.42 Å². The molecule has 2 nitrogen and oxygen atoms in total. The second-order valence-corrected chi connectivity index (χ2v) is 8.47. The first-order chi connectivity index (χ1) is 10.0. The lowest BCUT2D eigenvalue weighted by molar-refractivity contribution is -0.124. The summed E-state index contributed by atoms with van der Waals surface area (Å²) in [6, 6.07) is 0. The minimum Gasteiger partial charge on any atom is -0.386 e. The first kappa shape index (κ1) is 17.5. The molecule has 124 valence electrons. The predicted molar refractivity (Wildman–Crippen MR) is 91.5 cm³/mol. The van der Waals surface area contributed by atoms with E-state index in [1.807, 2.05) is 13.0 Å². The Labute approximate surface area is 135 Å². The topological polar surface area (TPSA) is 37.3 Å². The van der Waals surface area contributed by atoms with Gasteiger partial charge in [0.25, 0.3) is 0 Å². The number of fused-ring (bicyclic) bond motifs is 1. The van der Waals surface area contributed by atoms with Gasteiger partial charge in [-0.1, -0.05) is 32.4 Å². The van der Waals surface area contributed by atoms with E-state index >= 15 is 0 Å². The number of carbonyl (C=O) groups is 1. The van der Waals surface area contributed by atoms with Crippen LogP contribution < -0.4 is 0 Å². The van der Waals surface area contributed by atoms with Gasteiger partial charge in [-0.3, -0.25) is 4.79 Å². The highest BCUT2D eigenvalue weighted by Gasteiger charge is 2.54. The standard InChI is InChI=1S/C20H32O2/c1-7-18(4,22)10-11-20(6)14(2)8-9-19(5)15(3)12-16(21)13-17(19)20/h7,12,14,17,22H,1,8-11,13H2,2-6H3/t14-,17+,18?,19-,20+/m1/s1. The van der Waals surface area contributed by atoms with Gasteiger partial charge in [-0.2, -0.15) is 0 Å². The molecular formula is C20H32O2. The van der Waals surface area contributed by atoms with Crippen molar-refractivity contribution in [1.82, 2.24) is 0 Å². The molecule has 0 spiro atoms. The van der Waals surface area contributed by atoms with Crippen LogP contribution in [0.25, 0.3) is 0 Å². The van der Waals surface area contributed by atoms with Gasteiger partial charge in [-0.15, -0.1) is 6.58 Å². The summed E-state index contributed by atoms with van der Waals surface area (Å²) >= 11 is 0. The van der Waals surface area contributed by atoms with Gasteiger partial charge in [0.2, 0.25) is 0 Å². The zero-order valence-corrected chi connectivity index (χ0v) is 14.9. The molecule has 1 unspecified atom stereocenters. The van der Waals surface area contributed by atoms with E-state index in [9.17, 15) is 9.90 Å². The molecule has 0 aromatic rings. The Morgan fingerprint density at radius 3 is 2.73 bits per heavy atom. The molecule has 0 saturated heterocycles. The molecule has 0 aromatic heterocycles. The zero-order valence-electron chi connectivity index (χ0n) is 14.9. The highest BCUT2D eigenvalue weighted by molar-refractivity contribution is 5.92. The average molecular weight is 304 g/mol. The van der Waals surface area contributed by atoms with Crippen LogP contribution in [0.1, 0.15) is 66.7 Å². The fraction of sp³-hybridized carbons (Fsp3) is 0.750. The van der Waals surface area contributed by atoms with Crippen LogP contribution in [0, 0.1) is 22.7 Å². The molecule has 0 amide bonds. The maximum Gasteiger partial charge on any atom is 0.155 e. The van der Waals surface area contributed by atoms with Crippen molar-refractivity contribution < 1.29 is 9.90 Å². The van der Waals surface area contributed by atoms with E-state index in [0.29, 0.717) is 24.7 Å². The molecular weight excluding hydrogens is 272 g/mol. The third-order valence-corrected chi connectivity index (χ3v) is 7.08. The van der Waals surface area contributed by atoms with Gasteiger partial charge in [0.1, 0.15) is 0 Å². The zero-order chi connectivity index (χ0) is 16.8. The molecule has 2 aliphatic carbocycles. The van der Waals surface area contributed by atoms with Crippen LogP contribution in [-0.4, -0.2) is 16.5 Å². The number of hydrogen-bond donors (Lipinski definition) is 1.